The minimum Gasteiger partial charge on any atom is -0.480 e. The molecule has 0 aromatic rings. The predicted octanol–water partition coefficient (Wildman–Crippen LogP) is -2.97. The van der Waals surface area contributed by atoms with E-state index in [-0.39, 0.29) is 12.8 Å². The van der Waals surface area contributed by atoms with E-state index in [9.17, 15) is 29.1 Å². The van der Waals surface area contributed by atoms with E-state index in [0.29, 0.717) is 19.4 Å². The molecule has 12 heteroatoms. The zero-order valence-corrected chi connectivity index (χ0v) is 16.5. The summed E-state index contributed by atoms with van der Waals surface area (Å²) in [4.78, 5) is 60.4. The number of primary amides is 1. The van der Waals surface area contributed by atoms with E-state index in [2.05, 4.69) is 10.6 Å². The van der Waals surface area contributed by atoms with Gasteiger partial charge in [0.05, 0.1) is 6.10 Å². The number of amides is 4. The van der Waals surface area contributed by atoms with Crippen LogP contribution in [-0.2, 0) is 24.0 Å². The van der Waals surface area contributed by atoms with Gasteiger partial charge < -0.3 is 37.2 Å². The Morgan fingerprint density at radius 3 is 2.31 bits per heavy atom. The fourth-order valence-corrected chi connectivity index (χ4v) is 2.92. The van der Waals surface area contributed by atoms with E-state index in [1.54, 1.807) is 0 Å². The second-order valence-corrected chi connectivity index (χ2v) is 7.09. The minimum absolute atomic E-state index is 0.181. The van der Waals surface area contributed by atoms with E-state index in [1.165, 1.54) is 18.7 Å². The number of aliphatic hydroxyl groups excluding tert-OH is 1. The number of nitrogens with one attached hydrogen (secondary N) is 2. The highest BCUT2D eigenvalue weighted by atomic mass is 16.4. The molecule has 1 rings (SSSR count). The van der Waals surface area contributed by atoms with Crippen LogP contribution in [0.3, 0.4) is 0 Å². The smallest absolute Gasteiger partial charge is 0.326 e. The first-order chi connectivity index (χ1) is 13.5. The van der Waals surface area contributed by atoms with Crippen molar-refractivity contribution in [2.24, 2.45) is 11.5 Å². The lowest BCUT2D eigenvalue weighted by molar-refractivity contribution is -0.143. The third-order valence-electron chi connectivity index (χ3n) is 4.69. The Labute approximate surface area is 168 Å². The molecule has 5 unspecified atom stereocenters. The second kappa shape index (κ2) is 10.7. The van der Waals surface area contributed by atoms with Crippen molar-refractivity contribution in [1.29, 1.82) is 0 Å². The van der Waals surface area contributed by atoms with Crippen molar-refractivity contribution in [2.45, 2.75) is 69.8 Å². The van der Waals surface area contributed by atoms with Crippen LogP contribution in [0.2, 0.25) is 0 Å². The Morgan fingerprint density at radius 1 is 1.17 bits per heavy atom. The number of carboxylic acids is 1. The first-order valence-corrected chi connectivity index (χ1v) is 9.31. The molecular weight excluding hydrogens is 386 g/mol. The van der Waals surface area contributed by atoms with Gasteiger partial charge in [0.25, 0.3) is 0 Å². The molecule has 5 atom stereocenters. The van der Waals surface area contributed by atoms with Gasteiger partial charge in [-0.05, 0) is 33.1 Å². The third-order valence-corrected chi connectivity index (χ3v) is 4.69. The minimum atomic E-state index is -1.34. The van der Waals surface area contributed by atoms with Gasteiger partial charge in [0.15, 0.2) is 0 Å². The molecule has 4 amide bonds. The molecule has 29 heavy (non-hydrogen) atoms. The first kappa shape index (κ1) is 24.3. The third kappa shape index (κ3) is 6.98. The fourth-order valence-electron chi connectivity index (χ4n) is 2.92. The number of nitrogens with zero attached hydrogens (tertiary/aromatic N) is 1. The molecule has 8 N–H and O–H groups in total. The van der Waals surface area contributed by atoms with Crippen molar-refractivity contribution in [2.75, 3.05) is 6.54 Å². The zero-order valence-electron chi connectivity index (χ0n) is 16.5. The summed E-state index contributed by atoms with van der Waals surface area (Å²) in [5.74, 6) is -3.94. The lowest BCUT2D eigenvalue weighted by Gasteiger charge is -2.28. The molecule has 12 nitrogen and oxygen atoms in total. The second-order valence-electron chi connectivity index (χ2n) is 7.09. The molecule has 0 aliphatic carbocycles. The maximum atomic E-state index is 12.5. The summed E-state index contributed by atoms with van der Waals surface area (Å²) in [6.45, 7) is 3.03. The Kier molecular flexibility index (Phi) is 8.98. The standard InChI is InChI=1S/C17H29N5O7/c1-8(14(25)21-10(17(28)29)5-6-12(18)24)20-15(26)11-4-3-7-22(11)16(27)13(19)9(2)23/h8-11,13,23H,3-7,19H2,1-2H3,(H2,18,24)(H,20,26)(H,21,25)(H,28,29). The van der Waals surface area contributed by atoms with Crippen LogP contribution in [0.25, 0.3) is 0 Å². The molecule has 1 fully saturated rings. The van der Waals surface area contributed by atoms with Gasteiger partial charge in [-0.25, -0.2) is 4.79 Å². The molecular formula is C17H29N5O7. The molecule has 0 bridgehead atoms. The number of carbonyl (C=O) groups is 5. The molecule has 1 heterocycles. The quantitative estimate of drug-likeness (QED) is 0.217. The predicted molar refractivity (Wildman–Crippen MR) is 100.0 cm³/mol. The molecule has 0 radical (unpaired) electrons. The van der Waals surface area contributed by atoms with Gasteiger partial charge in [-0.3, -0.25) is 19.2 Å². The van der Waals surface area contributed by atoms with E-state index < -0.39 is 59.9 Å². The number of carboxylic acid groups (broad SMARTS) is 1. The highest BCUT2D eigenvalue weighted by Crippen LogP contribution is 2.19. The first-order valence-electron chi connectivity index (χ1n) is 9.31. The highest BCUT2D eigenvalue weighted by molar-refractivity contribution is 5.94. The number of hydrogen-bond donors (Lipinski definition) is 6. The SMILES string of the molecule is CC(NC(=O)C1CCCN1C(=O)C(N)C(C)O)C(=O)NC(CCC(N)=O)C(=O)O. The topological polar surface area (TPSA) is 205 Å². The number of carbonyl (C=O) groups excluding carboxylic acids is 4. The van der Waals surface area contributed by atoms with Crippen LogP contribution in [0, 0.1) is 0 Å². The van der Waals surface area contributed by atoms with E-state index >= 15 is 0 Å². The van der Waals surface area contributed by atoms with E-state index in [0.717, 1.165) is 0 Å². The maximum absolute atomic E-state index is 12.5. The van der Waals surface area contributed by atoms with Crippen molar-refractivity contribution < 1.29 is 34.2 Å². The summed E-state index contributed by atoms with van der Waals surface area (Å²) >= 11 is 0. The van der Waals surface area contributed by atoms with Crippen LogP contribution in [0.4, 0.5) is 0 Å². The van der Waals surface area contributed by atoms with E-state index in [1.807, 2.05) is 0 Å². The maximum Gasteiger partial charge on any atom is 0.326 e. The lowest BCUT2D eigenvalue weighted by atomic mass is 10.1. The summed E-state index contributed by atoms with van der Waals surface area (Å²) in [5, 5.41) is 23.3. The van der Waals surface area contributed by atoms with Gasteiger partial charge in [-0.1, -0.05) is 0 Å². The number of likely N-dealkylation sites (tertiary alicyclic amines) is 1. The summed E-state index contributed by atoms with van der Waals surface area (Å²) in [6.07, 6.45) is -0.551. The zero-order chi connectivity index (χ0) is 22.3. The van der Waals surface area contributed by atoms with Crippen molar-refractivity contribution in [3.8, 4) is 0 Å². The van der Waals surface area contributed by atoms with Crippen molar-refractivity contribution in [3.63, 3.8) is 0 Å². The molecule has 0 saturated carbocycles. The van der Waals surface area contributed by atoms with E-state index in [4.69, 9.17) is 16.6 Å². The number of aliphatic carboxylic acids is 1. The Morgan fingerprint density at radius 2 is 1.79 bits per heavy atom. The number of rotatable bonds is 10. The molecule has 1 aliphatic rings. The molecule has 0 aromatic carbocycles. The fraction of sp³-hybridized carbons (Fsp3) is 0.706. The lowest BCUT2D eigenvalue weighted by Crippen LogP contribution is -2.57. The Hall–Kier alpha value is -2.73. The largest absolute Gasteiger partial charge is 0.480 e. The van der Waals surface area contributed by atoms with Gasteiger partial charge in [0.2, 0.25) is 23.6 Å². The number of aliphatic hydroxyl groups is 1. The van der Waals surface area contributed by atoms with Crippen LogP contribution in [-0.4, -0.2) is 81.5 Å². The van der Waals surface area contributed by atoms with Crippen LogP contribution >= 0.6 is 0 Å². The van der Waals surface area contributed by atoms with Crippen LogP contribution < -0.4 is 22.1 Å². The Balaban J connectivity index is 2.69. The molecule has 1 aliphatic heterocycles. The molecule has 1 saturated heterocycles. The average Bonchev–Trinajstić information content (AvgIpc) is 3.12. The normalized spacial score (nSPS) is 20.3. The summed E-state index contributed by atoms with van der Waals surface area (Å²) in [6, 6.07) is -4.41. The van der Waals surface area contributed by atoms with Crippen LogP contribution in [0.15, 0.2) is 0 Å². The average molecular weight is 415 g/mol. The molecule has 0 spiro atoms. The highest BCUT2D eigenvalue weighted by Gasteiger charge is 2.38. The molecule has 0 aromatic heterocycles. The number of nitrogens with two attached hydrogens (primary N) is 2. The van der Waals surface area contributed by atoms with Gasteiger partial charge in [-0.15, -0.1) is 0 Å². The molecule has 164 valence electrons. The van der Waals surface area contributed by atoms with Gasteiger partial charge >= 0.3 is 5.97 Å². The van der Waals surface area contributed by atoms with Crippen LogP contribution in [0.1, 0.15) is 39.5 Å². The monoisotopic (exact) mass is 415 g/mol. The van der Waals surface area contributed by atoms with Crippen molar-refractivity contribution in [3.05, 3.63) is 0 Å². The van der Waals surface area contributed by atoms with Crippen molar-refractivity contribution >= 4 is 29.6 Å². The summed E-state index contributed by atoms with van der Waals surface area (Å²) in [7, 11) is 0. The Bertz CT molecular complexity index is 654. The van der Waals surface area contributed by atoms with Crippen LogP contribution in [0.5, 0.6) is 0 Å². The summed E-state index contributed by atoms with van der Waals surface area (Å²) in [5.41, 5.74) is 10.6. The summed E-state index contributed by atoms with van der Waals surface area (Å²) < 4.78 is 0. The van der Waals surface area contributed by atoms with Gasteiger partial charge in [0.1, 0.15) is 24.2 Å². The van der Waals surface area contributed by atoms with Gasteiger partial charge in [0, 0.05) is 13.0 Å². The van der Waals surface area contributed by atoms with Gasteiger partial charge in [-0.2, -0.15) is 0 Å². The van der Waals surface area contributed by atoms with Crippen molar-refractivity contribution in [1.82, 2.24) is 15.5 Å². The number of hydrogen-bond acceptors (Lipinski definition) is 7.